The zero-order valence-electron chi connectivity index (χ0n) is 13.3. The highest BCUT2D eigenvalue weighted by Gasteiger charge is 2.54. The summed E-state index contributed by atoms with van der Waals surface area (Å²) in [6.45, 7) is 2.39. The molecule has 3 aliphatic heterocycles. The number of rotatable bonds is 1. The molecule has 0 bridgehead atoms. The van der Waals surface area contributed by atoms with Crippen molar-refractivity contribution >= 4 is 5.57 Å². The van der Waals surface area contributed by atoms with Crippen molar-refractivity contribution < 1.29 is 19.3 Å². The van der Waals surface area contributed by atoms with Crippen molar-refractivity contribution in [1.82, 2.24) is 4.90 Å². The van der Waals surface area contributed by atoms with Gasteiger partial charge in [0.15, 0.2) is 11.5 Å². The lowest BCUT2D eigenvalue weighted by Gasteiger charge is -2.36. The predicted octanol–water partition coefficient (Wildman–Crippen LogP) is 1.93. The fraction of sp³-hybridized carbons (Fsp3) is 0.556. The van der Waals surface area contributed by atoms with Gasteiger partial charge in [0, 0.05) is 18.5 Å². The molecule has 122 valence electrons. The van der Waals surface area contributed by atoms with Crippen LogP contribution in [0.25, 0.3) is 5.57 Å². The number of nitrogens with zero attached hydrogens (tertiary/aromatic N) is 1. The van der Waals surface area contributed by atoms with E-state index in [1.54, 1.807) is 7.11 Å². The number of ether oxygens (including phenoxy) is 3. The first-order valence-corrected chi connectivity index (χ1v) is 8.37. The van der Waals surface area contributed by atoms with Crippen molar-refractivity contribution in [3.8, 4) is 11.5 Å². The molecule has 3 heterocycles. The van der Waals surface area contributed by atoms with Crippen LogP contribution in [0.1, 0.15) is 30.4 Å². The van der Waals surface area contributed by atoms with E-state index >= 15 is 0 Å². The zero-order valence-corrected chi connectivity index (χ0v) is 13.3. The lowest BCUT2D eigenvalue weighted by molar-refractivity contribution is 0.101. The molecule has 1 aromatic carbocycles. The van der Waals surface area contributed by atoms with Crippen LogP contribution >= 0.6 is 0 Å². The van der Waals surface area contributed by atoms with Crippen molar-refractivity contribution in [3.63, 3.8) is 0 Å². The standard InChI is InChI=1S/C18H21NO4/c1-21-17-13(20)9-18-4-2-5-19(18)6-3-11-7-14-15(23-10-22-14)8-12(11)16(17)18/h7-8,13,20H,2-6,9-10H2,1H3/t13-,18-/m0/s1. The van der Waals surface area contributed by atoms with E-state index in [0.29, 0.717) is 0 Å². The Morgan fingerprint density at radius 3 is 2.91 bits per heavy atom. The van der Waals surface area contributed by atoms with Crippen LogP contribution in [0.4, 0.5) is 0 Å². The molecule has 5 heteroatoms. The average molecular weight is 315 g/mol. The van der Waals surface area contributed by atoms with Gasteiger partial charge in [0.05, 0.1) is 12.6 Å². The summed E-state index contributed by atoms with van der Waals surface area (Å²) >= 11 is 0. The van der Waals surface area contributed by atoms with Crippen LogP contribution in [0.2, 0.25) is 0 Å². The van der Waals surface area contributed by atoms with Gasteiger partial charge >= 0.3 is 0 Å². The molecular formula is C18H21NO4. The fourth-order valence-electron chi connectivity index (χ4n) is 4.99. The fourth-order valence-corrected chi connectivity index (χ4v) is 4.99. The lowest BCUT2D eigenvalue weighted by Crippen LogP contribution is -2.43. The molecule has 0 aromatic heterocycles. The van der Waals surface area contributed by atoms with Crippen LogP contribution in [-0.4, -0.2) is 48.6 Å². The van der Waals surface area contributed by atoms with E-state index in [0.717, 1.165) is 49.6 Å². The third-order valence-corrected chi connectivity index (χ3v) is 5.91. The molecule has 2 atom stereocenters. The van der Waals surface area contributed by atoms with Crippen molar-refractivity contribution in [2.24, 2.45) is 0 Å². The normalized spacial score (nSPS) is 31.7. The molecule has 0 unspecified atom stereocenters. The molecule has 1 aromatic rings. The average Bonchev–Trinajstić information content (AvgIpc) is 3.20. The summed E-state index contributed by atoms with van der Waals surface area (Å²) in [5, 5.41) is 10.6. The number of benzene rings is 1. The first-order chi connectivity index (χ1) is 11.2. The second-order valence-electron chi connectivity index (χ2n) is 6.90. The Morgan fingerprint density at radius 2 is 2.09 bits per heavy atom. The first-order valence-electron chi connectivity index (χ1n) is 8.37. The van der Waals surface area contributed by atoms with Gasteiger partial charge in [-0.25, -0.2) is 0 Å². The summed E-state index contributed by atoms with van der Waals surface area (Å²) < 4.78 is 16.8. The predicted molar refractivity (Wildman–Crippen MR) is 84.4 cm³/mol. The minimum Gasteiger partial charge on any atom is -0.498 e. The molecule has 4 aliphatic rings. The molecule has 1 saturated heterocycles. The number of fused-ring (bicyclic) bond motifs is 3. The Morgan fingerprint density at radius 1 is 1.26 bits per heavy atom. The number of methoxy groups -OCH3 is 1. The van der Waals surface area contributed by atoms with E-state index in [1.807, 2.05) is 0 Å². The van der Waals surface area contributed by atoms with E-state index in [2.05, 4.69) is 17.0 Å². The van der Waals surface area contributed by atoms with Gasteiger partial charge in [-0.15, -0.1) is 0 Å². The van der Waals surface area contributed by atoms with E-state index in [1.165, 1.54) is 23.1 Å². The molecule has 1 fully saturated rings. The number of aliphatic hydroxyl groups excluding tert-OH is 1. The van der Waals surface area contributed by atoms with Crippen LogP contribution in [-0.2, 0) is 11.2 Å². The van der Waals surface area contributed by atoms with Crippen LogP contribution in [0.15, 0.2) is 17.9 Å². The Hall–Kier alpha value is -1.72. The number of hydrogen-bond donors (Lipinski definition) is 1. The van der Waals surface area contributed by atoms with Gasteiger partial charge < -0.3 is 19.3 Å². The Balaban J connectivity index is 1.78. The van der Waals surface area contributed by atoms with Gasteiger partial charge in [-0.3, -0.25) is 4.90 Å². The summed E-state index contributed by atoms with van der Waals surface area (Å²) in [6.07, 6.45) is 3.46. The smallest absolute Gasteiger partial charge is 0.231 e. The highest BCUT2D eigenvalue weighted by Crippen LogP contribution is 2.54. The second-order valence-corrected chi connectivity index (χ2v) is 6.90. The third kappa shape index (κ3) is 1.69. The molecule has 0 amide bonds. The molecular weight excluding hydrogens is 294 g/mol. The molecule has 1 N–H and O–H groups in total. The van der Waals surface area contributed by atoms with Gasteiger partial charge in [0.2, 0.25) is 6.79 Å². The summed E-state index contributed by atoms with van der Waals surface area (Å²) in [5.41, 5.74) is 3.54. The summed E-state index contributed by atoms with van der Waals surface area (Å²) in [6, 6.07) is 4.20. The summed E-state index contributed by atoms with van der Waals surface area (Å²) in [5.74, 6) is 2.37. The van der Waals surface area contributed by atoms with Crippen LogP contribution in [0, 0.1) is 0 Å². The SMILES string of the molecule is COC1=C2c3cc4c(cc3CCN3CCC[C@]23C[C@@H]1O)OCO4. The molecule has 1 spiro atoms. The number of aliphatic hydroxyl groups is 1. The highest BCUT2D eigenvalue weighted by atomic mass is 16.7. The van der Waals surface area contributed by atoms with E-state index in [-0.39, 0.29) is 12.3 Å². The molecule has 23 heavy (non-hydrogen) atoms. The molecule has 5 nitrogen and oxygen atoms in total. The quantitative estimate of drug-likeness (QED) is 0.858. The number of hydrogen-bond acceptors (Lipinski definition) is 5. The van der Waals surface area contributed by atoms with E-state index in [4.69, 9.17) is 14.2 Å². The first kappa shape index (κ1) is 13.7. The van der Waals surface area contributed by atoms with Crippen molar-refractivity contribution in [1.29, 1.82) is 0 Å². The van der Waals surface area contributed by atoms with Gasteiger partial charge in [0.1, 0.15) is 11.9 Å². The highest BCUT2D eigenvalue weighted by molar-refractivity contribution is 5.82. The molecule has 5 rings (SSSR count). The Labute approximate surface area is 135 Å². The van der Waals surface area contributed by atoms with E-state index in [9.17, 15) is 5.11 Å². The molecule has 0 saturated carbocycles. The summed E-state index contributed by atoms with van der Waals surface area (Å²) in [7, 11) is 1.67. The van der Waals surface area contributed by atoms with Crippen LogP contribution in [0.3, 0.4) is 0 Å². The van der Waals surface area contributed by atoms with Crippen molar-refractivity contribution in [2.45, 2.75) is 37.3 Å². The Kier molecular flexibility index (Phi) is 2.77. The van der Waals surface area contributed by atoms with E-state index < -0.39 is 6.10 Å². The second kappa shape index (κ2) is 4.65. The zero-order chi connectivity index (χ0) is 15.6. The van der Waals surface area contributed by atoms with Gasteiger partial charge in [-0.2, -0.15) is 0 Å². The summed E-state index contributed by atoms with van der Waals surface area (Å²) in [4.78, 5) is 2.55. The Bertz CT molecular complexity index is 713. The maximum Gasteiger partial charge on any atom is 0.231 e. The topological polar surface area (TPSA) is 51.2 Å². The lowest BCUT2D eigenvalue weighted by atomic mass is 9.83. The van der Waals surface area contributed by atoms with Gasteiger partial charge in [0.25, 0.3) is 0 Å². The molecule has 1 aliphatic carbocycles. The minimum atomic E-state index is -0.521. The van der Waals surface area contributed by atoms with Crippen LogP contribution in [0.5, 0.6) is 11.5 Å². The molecule has 0 radical (unpaired) electrons. The maximum absolute atomic E-state index is 10.6. The van der Waals surface area contributed by atoms with Crippen molar-refractivity contribution in [3.05, 3.63) is 29.0 Å². The monoisotopic (exact) mass is 315 g/mol. The maximum atomic E-state index is 10.6. The van der Waals surface area contributed by atoms with Gasteiger partial charge in [-0.05, 0) is 49.1 Å². The largest absolute Gasteiger partial charge is 0.498 e. The minimum absolute atomic E-state index is 0.0797. The van der Waals surface area contributed by atoms with Crippen molar-refractivity contribution in [2.75, 3.05) is 27.0 Å². The van der Waals surface area contributed by atoms with Gasteiger partial charge in [-0.1, -0.05) is 0 Å². The van der Waals surface area contributed by atoms with Crippen LogP contribution < -0.4 is 9.47 Å². The third-order valence-electron chi connectivity index (χ3n) is 5.91.